The molecule has 2 heterocycles. The van der Waals surface area contributed by atoms with E-state index in [1.54, 1.807) is 0 Å². The minimum absolute atomic E-state index is 0.875. The molecule has 0 bridgehead atoms. The number of nitrogens with zero attached hydrogens (tertiary/aromatic N) is 4. The molecule has 17 heavy (non-hydrogen) atoms. The fourth-order valence-corrected chi connectivity index (χ4v) is 1.88. The van der Waals surface area contributed by atoms with Crippen molar-refractivity contribution < 1.29 is 0 Å². The highest BCUT2D eigenvalue weighted by molar-refractivity contribution is 5.14. The van der Waals surface area contributed by atoms with Gasteiger partial charge in [0, 0.05) is 38.6 Å². The third-order valence-corrected chi connectivity index (χ3v) is 2.78. The predicted octanol–water partition coefficient (Wildman–Crippen LogP) is 0.794. The normalized spacial score (nSPS) is 11.0. The van der Waals surface area contributed by atoms with E-state index >= 15 is 0 Å². The van der Waals surface area contributed by atoms with Crippen molar-refractivity contribution in [2.24, 2.45) is 14.1 Å². The van der Waals surface area contributed by atoms with Crippen LogP contribution < -0.4 is 5.32 Å². The molecule has 0 fully saturated rings. The highest BCUT2D eigenvalue weighted by Crippen LogP contribution is 2.03. The summed E-state index contributed by atoms with van der Waals surface area (Å²) in [7, 11) is 3.89. The molecule has 0 spiro atoms. The van der Waals surface area contributed by atoms with Crippen LogP contribution in [0.1, 0.15) is 16.8 Å². The second-order valence-electron chi connectivity index (χ2n) is 4.36. The Bertz CT molecular complexity index is 483. The summed E-state index contributed by atoms with van der Waals surface area (Å²) in [6, 6.07) is 0. The number of aromatic nitrogens is 4. The van der Waals surface area contributed by atoms with Crippen LogP contribution in [0, 0.1) is 6.92 Å². The van der Waals surface area contributed by atoms with Gasteiger partial charge in [0.25, 0.3) is 0 Å². The number of rotatable bonds is 5. The zero-order valence-corrected chi connectivity index (χ0v) is 10.6. The van der Waals surface area contributed by atoms with Crippen molar-refractivity contribution in [3.05, 3.63) is 35.4 Å². The molecule has 5 nitrogen and oxygen atoms in total. The first-order chi connectivity index (χ1) is 8.15. The summed E-state index contributed by atoms with van der Waals surface area (Å²) in [6.07, 6.45) is 7.04. The first-order valence-electron chi connectivity index (χ1n) is 5.82. The Morgan fingerprint density at radius 3 is 2.65 bits per heavy atom. The second-order valence-corrected chi connectivity index (χ2v) is 4.36. The van der Waals surface area contributed by atoms with Gasteiger partial charge in [-0.15, -0.1) is 0 Å². The van der Waals surface area contributed by atoms with Crippen LogP contribution in [0.4, 0.5) is 0 Å². The van der Waals surface area contributed by atoms with Crippen molar-refractivity contribution in [3.8, 4) is 0 Å². The van der Waals surface area contributed by atoms with Crippen molar-refractivity contribution in [2.75, 3.05) is 6.54 Å². The van der Waals surface area contributed by atoms with Gasteiger partial charge in [-0.25, -0.2) is 0 Å². The van der Waals surface area contributed by atoms with Crippen molar-refractivity contribution in [3.63, 3.8) is 0 Å². The first-order valence-corrected chi connectivity index (χ1v) is 5.82. The van der Waals surface area contributed by atoms with Gasteiger partial charge in [0.15, 0.2) is 0 Å². The lowest BCUT2D eigenvalue weighted by molar-refractivity contribution is 0.683. The molecule has 0 saturated heterocycles. The maximum atomic E-state index is 4.31. The molecular formula is C12H19N5. The van der Waals surface area contributed by atoms with Gasteiger partial charge in [0.2, 0.25) is 0 Å². The van der Waals surface area contributed by atoms with Gasteiger partial charge in [0.05, 0.1) is 11.9 Å². The molecule has 5 heteroatoms. The highest BCUT2D eigenvalue weighted by Gasteiger charge is 2.02. The zero-order chi connectivity index (χ0) is 12.3. The summed E-state index contributed by atoms with van der Waals surface area (Å²) in [6.45, 7) is 3.87. The molecule has 0 radical (unpaired) electrons. The molecule has 92 valence electrons. The molecular weight excluding hydrogens is 214 g/mol. The molecule has 0 aliphatic carbocycles. The van der Waals surface area contributed by atoms with E-state index in [2.05, 4.69) is 27.9 Å². The van der Waals surface area contributed by atoms with Gasteiger partial charge in [-0.3, -0.25) is 9.36 Å². The standard InChI is InChI=1S/C12H19N5/c1-10-12(9-17(3)15-10)7-13-5-4-11-6-14-16(2)8-11/h6,8-9,13H,4-5,7H2,1-3H3. The van der Waals surface area contributed by atoms with Crippen LogP contribution in [-0.4, -0.2) is 26.1 Å². The van der Waals surface area contributed by atoms with E-state index < -0.39 is 0 Å². The summed E-state index contributed by atoms with van der Waals surface area (Å²) < 4.78 is 3.69. The zero-order valence-electron chi connectivity index (χ0n) is 10.6. The third kappa shape index (κ3) is 3.17. The van der Waals surface area contributed by atoms with Crippen molar-refractivity contribution in [1.29, 1.82) is 0 Å². The highest BCUT2D eigenvalue weighted by atomic mass is 15.3. The van der Waals surface area contributed by atoms with Crippen LogP contribution >= 0.6 is 0 Å². The quantitative estimate of drug-likeness (QED) is 0.777. The maximum absolute atomic E-state index is 4.31. The topological polar surface area (TPSA) is 47.7 Å². The molecule has 0 saturated carbocycles. The van der Waals surface area contributed by atoms with Gasteiger partial charge < -0.3 is 5.32 Å². The van der Waals surface area contributed by atoms with E-state index in [1.165, 1.54) is 11.1 Å². The Morgan fingerprint density at radius 1 is 1.24 bits per heavy atom. The number of hydrogen-bond acceptors (Lipinski definition) is 3. The Labute approximate surface area is 101 Å². The lowest BCUT2D eigenvalue weighted by Crippen LogP contribution is -2.16. The molecule has 0 aliphatic heterocycles. The van der Waals surface area contributed by atoms with Crippen LogP contribution in [0.5, 0.6) is 0 Å². The summed E-state index contributed by atoms with van der Waals surface area (Å²) in [5.41, 5.74) is 3.63. The van der Waals surface area contributed by atoms with E-state index in [1.807, 2.05) is 36.6 Å². The Balaban J connectivity index is 1.75. The van der Waals surface area contributed by atoms with Gasteiger partial charge in [-0.1, -0.05) is 0 Å². The molecule has 1 N–H and O–H groups in total. The lowest BCUT2D eigenvalue weighted by Gasteiger charge is -2.02. The fourth-order valence-electron chi connectivity index (χ4n) is 1.88. The van der Waals surface area contributed by atoms with Crippen molar-refractivity contribution in [1.82, 2.24) is 24.9 Å². The van der Waals surface area contributed by atoms with Crippen LogP contribution in [0.25, 0.3) is 0 Å². The van der Waals surface area contributed by atoms with Gasteiger partial charge >= 0.3 is 0 Å². The summed E-state index contributed by atoms with van der Waals surface area (Å²) in [5.74, 6) is 0. The average Bonchev–Trinajstić information content (AvgIpc) is 2.81. The molecule has 0 unspecified atom stereocenters. The lowest BCUT2D eigenvalue weighted by atomic mass is 10.2. The van der Waals surface area contributed by atoms with Gasteiger partial charge in [-0.2, -0.15) is 10.2 Å². The summed E-state index contributed by atoms with van der Waals surface area (Å²) in [4.78, 5) is 0. The van der Waals surface area contributed by atoms with Crippen molar-refractivity contribution in [2.45, 2.75) is 19.9 Å². The molecule has 0 atom stereocenters. The number of nitrogens with one attached hydrogen (secondary N) is 1. The third-order valence-electron chi connectivity index (χ3n) is 2.78. The monoisotopic (exact) mass is 233 g/mol. The van der Waals surface area contributed by atoms with Crippen molar-refractivity contribution >= 4 is 0 Å². The molecule has 2 rings (SSSR count). The largest absolute Gasteiger partial charge is 0.312 e. The molecule has 2 aromatic heterocycles. The van der Waals surface area contributed by atoms with E-state index in [4.69, 9.17) is 0 Å². The van der Waals surface area contributed by atoms with Gasteiger partial charge in [0.1, 0.15) is 0 Å². The SMILES string of the molecule is Cc1nn(C)cc1CNCCc1cnn(C)c1. The average molecular weight is 233 g/mol. The summed E-state index contributed by atoms with van der Waals surface area (Å²) in [5, 5.41) is 11.9. The van der Waals surface area contributed by atoms with E-state index in [-0.39, 0.29) is 0 Å². The van der Waals surface area contributed by atoms with E-state index in [9.17, 15) is 0 Å². The molecule has 0 amide bonds. The Hall–Kier alpha value is -1.62. The fraction of sp³-hybridized carbons (Fsp3) is 0.500. The number of hydrogen-bond donors (Lipinski definition) is 1. The number of aryl methyl sites for hydroxylation is 3. The van der Waals surface area contributed by atoms with Gasteiger partial charge in [-0.05, 0) is 25.5 Å². The van der Waals surface area contributed by atoms with Crippen LogP contribution in [0.2, 0.25) is 0 Å². The Kier molecular flexibility index (Phi) is 3.58. The Morgan fingerprint density at radius 2 is 2.06 bits per heavy atom. The minimum Gasteiger partial charge on any atom is -0.312 e. The molecule has 2 aromatic rings. The smallest absolute Gasteiger partial charge is 0.0638 e. The second kappa shape index (κ2) is 5.14. The maximum Gasteiger partial charge on any atom is 0.0638 e. The van der Waals surface area contributed by atoms with E-state index in [0.717, 1.165) is 25.2 Å². The van der Waals surface area contributed by atoms with Crippen LogP contribution in [-0.2, 0) is 27.1 Å². The first kappa shape index (κ1) is 11.9. The van der Waals surface area contributed by atoms with Crippen LogP contribution in [0.3, 0.4) is 0 Å². The van der Waals surface area contributed by atoms with E-state index in [0.29, 0.717) is 0 Å². The molecule has 0 aliphatic rings. The molecule has 0 aromatic carbocycles. The summed E-state index contributed by atoms with van der Waals surface area (Å²) >= 11 is 0. The predicted molar refractivity (Wildman–Crippen MR) is 66.6 cm³/mol. The minimum atomic E-state index is 0.875. The van der Waals surface area contributed by atoms with Crippen LogP contribution in [0.15, 0.2) is 18.6 Å².